The Labute approximate surface area is 178 Å². The van der Waals surface area contributed by atoms with Crippen LogP contribution in [-0.2, 0) is 18.3 Å². The van der Waals surface area contributed by atoms with Crippen LogP contribution < -0.4 is 10.9 Å². The molecule has 2 heterocycles. The predicted octanol–water partition coefficient (Wildman–Crippen LogP) is 2.91. The summed E-state index contributed by atoms with van der Waals surface area (Å²) in [5.74, 6) is 1.79. The lowest BCUT2D eigenvalue weighted by molar-refractivity contribution is -0.130. The van der Waals surface area contributed by atoms with Gasteiger partial charge in [0.15, 0.2) is 0 Å². The van der Waals surface area contributed by atoms with Crippen LogP contribution in [0.1, 0.15) is 15.9 Å². The third kappa shape index (κ3) is 4.26. The molecule has 2 amide bonds. The SMILES string of the molecule is Cn1c(=O)cc(C(=O)Nc2ccc(CC(=O)N3CCSCC3)cc2)c2ccccc21. The number of hydrogen-bond donors (Lipinski definition) is 1. The van der Waals surface area contributed by atoms with Crippen LogP contribution in [0.2, 0.25) is 0 Å². The number of anilines is 1. The second-order valence-electron chi connectivity index (χ2n) is 7.29. The Kier molecular flexibility index (Phi) is 5.90. The molecule has 0 aliphatic carbocycles. The summed E-state index contributed by atoms with van der Waals surface area (Å²) in [7, 11) is 1.69. The average Bonchev–Trinajstić information content (AvgIpc) is 2.78. The van der Waals surface area contributed by atoms with Crippen molar-refractivity contribution < 1.29 is 9.59 Å². The van der Waals surface area contributed by atoms with Crippen molar-refractivity contribution in [1.29, 1.82) is 0 Å². The monoisotopic (exact) mass is 421 g/mol. The topological polar surface area (TPSA) is 71.4 Å². The Balaban J connectivity index is 1.48. The summed E-state index contributed by atoms with van der Waals surface area (Å²) in [6, 6.07) is 16.0. The number of pyridine rings is 1. The molecular formula is C23H23N3O3S. The number of rotatable bonds is 4. The number of thioether (sulfide) groups is 1. The molecule has 6 nitrogen and oxygen atoms in total. The van der Waals surface area contributed by atoms with Crippen LogP contribution in [0.5, 0.6) is 0 Å². The number of hydrogen-bond acceptors (Lipinski definition) is 4. The summed E-state index contributed by atoms with van der Waals surface area (Å²) >= 11 is 1.88. The molecule has 1 aliphatic heterocycles. The molecule has 3 aromatic rings. The largest absolute Gasteiger partial charge is 0.341 e. The molecule has 0 saturated carbocycles. The van der Waals surface area contributed by atoms with Gasteiger partial charge in [-0.15, -0.1) is 0 Å². The lowest BCUT2D eigenvalue weighted by Crippen LogP contribution is -2.38. The van der Waals surface area contributed by atoms with Crippen molar-refractivity contribution >= 4 is 40.2 Å². The Morgan fingerprint density at radius 2 is 1.73 bits per heavy atom. The van der Waals surface area contributed by atoms with Gasteiger partial charge in [0.2, 0.25) is 5.91 Å². The van der Waals surface area contributed by atoms with Crippen molar-refractivity contribution in [2.24, 2.45) is 7.05 Å². The van der Waals surface area contributed by atoms with E-state index in [9.17, 15) is 14.4 Å². The first-order valence-corrected chi connectivity index (χ1v) is 11.0. The van der Waals surface area contributed by atoms with Gasteiger partial charge in [-0.3, -0.25) is 14.4 Å². The highest BCUT2D eigenvalue weighted by molar-refractivity contribution is 7.99. The molecule has 30 heavy (non-hydrogen) atoms. The van der Waals surface area contributed by atoms with E-state index in [1.807, 2.05) is 53.1 Å². The van der Waals surface area contributed by atoms with Gasteiger partial charge in [-0.05, 0) is 23.8 Å². The standard InChI is InChI=1S/C23H23N3O3S/c1-25-20-5-3-2-4-18(20)19(15-21(25)27)23(29)24-17-8-6-16(7-9-17)14-22(28)26-10-12-30-13-11-26/h2-9,15H,10-14H2,1H3,(H,24,29). The fourth-order valence-electron chi connectivity index (χ4n) is 3.60. The fraction of sp³-hybridized carbons (Fsp3) is 0.261. The zero-order valence-electron chi connectivity index (χ0n) is 16.8. The molecular weight excluding hydrogens is 398 g/mol. The van der Waals surface area contributed by atoms with Gasteiger partial charge in [0.05, 0.1) is 17.5 Å². The molecule has 0 atom stereocenters. The highest BCUT2D eigenvalue weighted by Crippen LogP contribution is 2.19. The Hall–Kier alpha value is -3.06. The summed E-state index contributed by atoms with van der Waals surface area (Å²) in [4.78, 5) is 39.4. The third-order valence-corrected chi connectivity index (χ3v) is 6.27. The molecule has 1 N–H and O–H groups in total. The van der Waals surface area contributed by atoms with Crippen LogP contribution >= 0.6 is 11.8 Å². The van der Waals surface area contributed by atoms with Gasteiger partial charge in [-0.1, -0.05) is 30.3 Å². The first-order chi connectivity index (χ1) is 14.5. The Morgan fingerprint density at radius 1 is 1.03 bits per heavy atom. The number of carbonyl (C=O) groups is 2. The van der Waals surface area contributed by atoms with E-state index in [-0.39, 0.29) is 17.4 Å². The molecule has 1 saturated heterocycles. The van der Waals surface area contributed by atoms with Crippen LogP contribution in [0.25, 0.3) is 10.9 Å². The van der Waals surface area contributed by atoms with Crippen molar-refractivity contribution in [3.63, 3.8) is 0 Å². The minimum atomic E-state index is -0.335. The number of amides is 2. The normalized spacial score (nSPS) is 14.0. The molecule has 7 heteroatoms. The zero-order valence-corrected chi connectivity index (χ0v) is 17.6. The average molecular weight is 422 g/mol. The number of nitrogens with zero attached hydrogens (tertiary/aromatic N) is 2. The lowest BCUT2D eigenvalue weighted by atomic mass is 10.1. The van der Waals surface area contributed by atoms with Gasteiger partial charge in [0, 0.05) is 48.8 Å². The highest BCUT2D eigenvalue weighted by atomic mass is 32.2. The second kappa shape index (κ2) is 8.75. The van der Waals surface area contributed by atoms with E-state index in [4.69, 9.17) is 0 Å². The highest BCUT2D eigenvalue weighted by Gasteiger charge is 2.17. The van der Waals surface area contributed by atoms with Gasteiger partial charge in [-0.25, -0.2) is 0 Å². The third-order valence-electron chi connectivity index (χ3n) is 5.33. The summed E-state index contributed by atoms with van der Waals surface area (Å²) in [5, 5.41) is 3.58. The molecule has 154 valence electrons. The van der Waals surface area contributed by atoms with Gasteiger partial charge in [0.25, 0.3) is 11.5 Å². The summed E-state index contributed by atoms with van der Waals surface area (Å²) in [6.07, 6.45) is 0.359. The number of carbonyl (C=O) groups excluding carboxylic acids is 2. The Bertz CT molecular complexity index is 1150. The van der Waals surface area contributed by atoms with Gasteiger partial charge in [0.1, 0.15) is 0 Å². The second-order valence-corrected chi connectivity index (χ2v) is 8.52. The van der Waals surface area contributed by atoms with Gasteiger partial charge in [-0.2, -0.15) is 11.8 Å². The van der Waals surface area contributed by atoms with Crippen molar-refractivity contribution in [2.45, 2.75) is 6.42 Å². The number of aromatic nitrogens is 1. The number of nitrogens with one attached hydrogen (secondary N) is 1. The van der Waals surface area contributed by atoms with Gasteiger partial charge >= 0.3 is 0 Å². The van der Waals surface area contributed by atoms with Crippen LogP contribution in [0.15, 0.2) is 59.4 Å². The van der Waals surface area contributed by atoms with Crippen LogP contribution in [0, 0.1) is 0 Å². The van der Waals surface area contributed by atoms with E-state index >= 15 is 0 Å². The quantitative estimate of drug-likeness (QED) is 0.703. The molecule has 1 aliphatic rings. The maximum Gasteiger partial charge on any atom is 0.256 e. The minimum Gasteiger partial charge on any atom is -0.341 e. The Morgan fingerprint density at radius 3 is 2.47 bits per heavy atom. The number of benzene rings is 2. The van der Waals surface area contributed by atoms with Crippen molar-refractivity contribution in [2.75, 3.05) is 29.9 Å². The summed E-state index contributed by atoms with van der Waals surface area (Å²) in [5.41, 5.74) is 2.35. The van der Waals surface area contributed by atoms with Gasteiger partial charge < -0.3 is 14.8 Å². The molecule has 1 aromatic heterocycles. The van der Waals surface area contributed by atoms with Crippen molar-refractivity contribution in [3.05, 3.63) is 76.1 Å². The number of fused-ring (bicyclic) bond motifs is 1. The first-order valence-electron chi connectivity index (χ1n) is 9.87. The molecule has 1 fully saturated rings. The first kappa shape index (κ1) is 20.2. The molecule has 0 bridgehead atoms. The molecule has 0 unspecified atom stereocenters. The van der Waals surface area contributed by atoms with E-state index in [2.05, 4.69) is 5.32 Å². The predicted molar refractivity (Wildman–Crippen MR) is 121 cm³/mol. The number of aryl methyl sites for hydroxylation is 1. The van der Waals surface area contributed by atoms with Crippen LogP contribution in [0.4, 0.5) is 5.69 Å². The molecule has 0 radical (unpaired) electrons. The summed E-state index contributed by atoms with van der Waals surface area (Å²) in [6.45, 7) is 1.62. The van der Waals surface area contributed by atoms with Crippen LogP contribution in [-0.4, -0.2) is 45.9 Å². The fourth-order valence-corrected chi connectivity index (χ4v) is 4.51. The van der Waals surface area contributed by atoms with E-state index < -0.39 is 0 Å². The van der Waals surface area contributed by atoms with Crippen molar-refractivity contribution in [3.8, 4) is 0 Å². The molecule has 4 rings (SSSR count). The van der Waals surface area contributed by atoms with Crippen molar-refractivity contribution in [1.82, 2.24) is 9.47 Å². The van der Waals surface area contributed by atoms with E-state index in [1.165, 1.54) is 10.6 Å². The van der Waals surface area contributed by atoms with E-state index in [0.29, 0.717) is 23.2 Å². The smallest absolute Gasteiger partial charge is 0.256 e. The lowest BCUT2D eigenvalue weighted by Gasteiger charge is -2.26. The maximum atomic E-state index is 12.8. The summed E-state index contributed by atoms with van der Waals surface area (Å²) < 4.78 is 1.53. The number of para-hydroxylation sites is 1. The van der Waals surface area contributed by atoms with E-state index in [0.717, 1.165) is 35.5 Å². The minimum absolute atomic E-state index is 0.138. The van der Waals surface area contributed by atoms with Crippen LogP contribution in [0.3, 0.4) is 0 Å². The maximum absolute atomic E-state index is 12.8. The molecule has 2 aromatic carbocycles. The van der Waals surface area contributed by atoms with E-state index in [1.54, 1.807) is 19.2 Å². The molecule has 0 spiro atoms. The zero-order chi connectivity index (χ0) is 21.1.